The zero-order chi connectivity index (χ0) is 20.9. The van der Waals surface area contributed by atoms with Crippen LogP contribution in [-0.2, 0) is 14.3 Å². The molecule has 0 radical (unpaired) electrons. The van der Waals surface area contributed by atoms with E-state index in [1.807, 2.05) is 48.5 Å². The summed E-state index contributed by atoms with van der Waals surface area (Å²) in [7, 11) is 0. The lowest BCUT2D eigenvalue weighted by molar-refractivity contribution is -0.159. The molecule has 0 aromatic heterocycles. The first kappa shape index (κ1) is 19.5. The number of anilines is 1. The van der Waals surface area contributed by atoms with E-state index in [1.165, 1.54) is 0 Å². The van der Waals surface area contributed by atoms with E-state index in [1.54, 1.807) is 37.3 Å². The molecule has 1 aliphatic heterocycles. The van der Waals surface area contributed by atoms with E-state index < -0.39 is 30.7 Å². The summed E-state index contributed by atoms with van der Waals surface area (Å²) in [4.78, 5) is 24.5. The lowest BCUT2D eigenvalue weighted by atomic mass is 10.1. The van der Waals surface area contributed by atoms with Gasteiger partial charge in [-0.25, -0.2) is 4.79 Å². The maximum Gasteiger partial charge on any atom is 0.351 e. The largest absolute Gasteiger partial charge is 0.482 e. The molecule has 0 saturated heterocycles. The van der Waals surface area contributed by atoms with Crippen LogP contribution in [0.25, 0.3) is 11.1 Å². The number of rotatable bonds is 5. The lowest BCUT2D eigenvalue weighted by Crippen LogP contribution is -2.45. The van der Waals surface area contributed by atoms with Gasteiger partial charge >= 0.3 is 5.97 Å². The Morgan fingerprint density at radius 1 is 0.833 bits per heavy atom. The number of amides is 1. The molecule has 1 heterocycles. The van der Waals surface area contributed by atoms with Crippen molar-refractivity contribution in [2.75, 3.05) is 11.9 Å². The zero-order valence-corrected chi connectivity index (χ0v) is 16.4. The van der Waals surface area contributed by atoms with Gasteiger partial charge in [0.15, 0.2) is 18.1 Å². The molecule has 0 fully saturated rings. The van der Waals surface area contributed by atoms with Gasteiger partial charge in [-0.15, -0.1) is 0 Å². The lowest BCUT2D eigenvalue weighted by Gasteiger charge is -2.30. The van der Waals surface area contributed by atoms with Crippen molar-refractivity contribution in [2.45, 2.75) is 19.1 Å². The first-order chi connectivity index (χ1) is 14.6. The van der Waals surface area contributed by atoms with Gasteiger partial charge in [-0.2, -0.15) is 0 Å². The number of hydrogen-bond donors (Lipinski definition) is 1. The van der Waals surface area contributed by atoms with Crippen LogP contribution in [0.4, 0.5) is 5.69 Å². The van der Waals surface area contributed by atoms with Gasteiger partial charge in [0.1, 0.15) is 6.10 Å². The Morgan fingerprint density at radius 2 is 1.43 bits per heavy atom. The highest BCUT2D eigenvalue weighted by atomic mass is 16.6. The molecule has 6 heteroatoms. The number of esters is 1. The Hall–Kier alpha value is -3.80. The quantitative estimate of drug-likeness (QED) is 0.651. The van der Waals surface area contributed by atoms with Crippen LogP contribution in [0.1, 0.15) is 6.92 Å². The highest BCUT2D eigenvalue weighted by Crippen LogP contribution is 2.33. The van der Waals surface area contributed by atoms with Crippen LogP contribution < -0.4 is 14.8 Å². The standard InChI is InChI=1S/C24H21NO5/c1-16-23(30-21-10-6-5-9-20(21)29-16)24(27)28-15-22(26)25-19-13-11-18(12-14-19)17-7-3-2-4-8-17/h2-14,16,23H,15H2,1H3,(H,25,26). The van der Waals surface area contributed by atoms with Crippen molar-refractivity contribution in [3.05, 3.63) is 78.9 Å². The molecule has 3 aromatic rings. The fourth-order valence-corrected chi connectivity index (χ4v) is 3.17. The van der Waals surface area contributed by atoms with Crippen LogP contribution in [0.15, 0.2) is 78.9 Å². The minimum absolute atomic E-state index is 0.409. The number of ether oxygens (including phenoxy) is 3. The smallest absolute Gasteiger partial charge is 0.351 e. The van der Waals surface area contributed by atoms with E-state index in [2.05, 4.69) is 5.32 Å². The number of benzene rings is 3. The predicted molar refractivity (Wildman–Crippen MR) is 112 cm³/mol. The number of carbonyl (C=O) groups is 2. The van der Waals surface area contributed by atoms with Crippen molar-refractivity contribution in [1.29, 1.82) is 0 Å². The van der Waals surface area contributed by atoms with E-state index in [-0.39, 0.29) is 0 Å². The molecular formula is C24H21NO5. The second-order valence-corrected chi connectivity index (χ2v) is 6.91. The van der Waals surface area contributed by atoms with Crippen molar-refractivity contribution in [3.8, 4) is 22.6 Å². The third kappa shape index (κ3) is 4.43. The molecule has 152 valence electrons. The maximum absolute atomic E-state index is 12.4. The number of hydrogen-bond acceptors (Lipinski definition) is 5. The van der Waals surface area contributed by atoms with Gasteiger partial charge < -0.3 is 19.5 Å². The fourth-order valence-electron chi connectivity index (χ4n) is 3.17. The Balaban J connectivity index is 1.30. The van der Waals surface area contributed by atoms with E-state index in [9.17, 15) is 9.59 Å². The van der Waals surface area contributed by atoms with Gasteiger partial charge in [-0.3, -0.25) is 4.79 Å². The Kier molecular flexibility index (Phi) is 5.66. The predicted octanol–water partition coefficient (Wildman–Crippen LogP) is 4.06. The average molecular weight is 403 g/mol. The maximum atomic E-state index is 12.4. The monoisotopic (exact) mass is 403 g/mol. The van der Waals surface area contributed by atoms with Gasteiger partial charge in [0.25, 0.3) is 5.91 Å². The summed E-state index contributed by atoms with van der Waals surface area (Å²) in [6, 6.07) is 24.5. The van der Waals surface area contributed by atoms with Crippen LogP contribution in [0.3, 0.4) is 0 Å². The van der Waals surface area contributed by atoms with E-state index >= 15 is 0 Å². The van der Waals surface area contributed by atoms with E-state index in [0.29, 0.717) is 17.2 Å². The summed E-state index contributed by atoms with van der Waals surface area (Å²) < 4.78 is 16.5. The second-order valence-electron chi connectivity index (χ2n) is 6.91. The Morgan fingerprint density at radius 3 is 2.13 bits per heavy atom. The zero-order valence-electron chi connectivity index (χ0n) is 16.4. The summed E-state index contributed by atoms with van der Waals surface area (Å²) in [6.45, 7) is 1.31. The fraction of sp³-hybridized carbons (Fsp3) is 0.167. The number of nitrogens with one attached hydrogen (secondary N) is 1. The Bertz CT molecular complexity index is 1030. The molecule has 1 aliphatic rings. The highest BCUT2D eigenvalue weighted by Gasteiger charge is 2.35. The van der Waals surface area contributed by atoms with Crippen LogP contribution in [0.5, 0.6) is 11.5 Å². The topological polar surface area (TPSA) is 73.9 Å². The SMILES string of the molecule is CC1Oc2ccccc2OC1C(=O)OCC(=O)Nc1ccc(-c2ccccc2)cc1. The molecule has 30 heavy (non-hydrogen) atoms. The first-order valence-electron chi connectivity index (χ1n) is 9.64. The van der Waals surface area contributed by atoms with E-state index in [0.717, 1.165) is 11.1 Å². The second kappa shape index (κ2) is 8.69. The van der Waals surface area contributed by atoms with Crippen molar-refractivity contribution >= 4 is 17.6 Å². The van der Waals surface area contributed by atoms with Gasteiger partial charge in [-0.05, 0) is 42.3 Å². The van der Waals surface area contributed by atoms with Crippen molar-refractivity contribution < 1.29 is 23.8 Å². The molecule has 2 unspecified atom stereocenters. The van der Waals surface area contributed by atoms with Crippen molar-refractivity contribution in [1.82, 2.24) is 0 Å². The third-order valence-electron chi connectivity index (χ3n) is 4.70. The molecule has 2 atom stereocenters. The van der Waals surface area contributed by atoms with Gasteiger partial charge in [0.2, 0.25) is 6.10 Å². The van der Waals surface area contributed by atoms with Crippen LogP contribution in [-0.4, -0.2) is 30.7 Å². The highest BCUT2D eigenvalue weighted by molar-refractivity contribution is 5.93. The molecule has 0 saturated carbocycles. The number of carbonyl (C=O) groups excluding carboxylic acids is 2. The molecule has 4 rings (SSSR count). The number of para-hydroxylation sites is 2. The van der Waals surface area contributed by atoms with Crippen molar-refractivity contribution in [2.24, 2.45) is 0 Å². The van der Waals surface area contributed by atoms with Crippen LogP contribution in [0, 0.1) is 0 Å². The van der Waals surface area contributed by atoms with Gasteiger partial charge in [0.05, 0.1) is 0 Å². The summed E-state index contributed by atoms with van der Waals surface area (Å²) in [6.07, 6.45) is -1.46. The molecule has 0 spiro atoms. The molecule has 6 nitrogen and oxygen atoms in total. The average Bonchev–Trinajstić information content (AvgIpc) is 2.78. The molecule has 3 aromatic carbocycles. The molecular weight excluding hydrogens is 382 g/mol. The van der Waals surface area contributed by atoms with Gasteiger partial charge in [0, 0.05) is 5.69 Å². The molecule has 0 aliphatic carbocycles. The van der Waals surface area contributed by atoms with Crippen molar-refractivity contribution in [3.63, 3.8) is 0 Å². The first-order valence-corrected chi connectivity index (χ1v) is 9.64. The summed E-state index contributed by atoms with van der Waals surface area (Å²) in [5, 5.41) is 2.72. The summed E-state index contributed by atoms with van der Waals surface area (Å²) in [5.41, 5.74) is 2.76. The molecule has 0 bridgehead atoms. The molecule has 1 N–H and O–H groups in total. The normalized spacial score (nSPS) is 17.1. The molecule has 1 amide bonds. The summed E-state index contributed by atoms with van der Waals surface area (Å²) >= 11 is 0. The minimum Gasteiger partial charge on any atom is -0.482 e. The Labute approximate surface area is 174 Å². The summed E-state index contributed by atoms with van der Waals surface area (Å²) in [5.74, 6) is -0.0292. The van der Waals surface area contributed by atoms with E-state index in [4.69, 9.17) is 14.2 Å². The van der Waals surface area contributed by atoms with Crippen LogP contribution in [0.2, 0.25) is 0 Å². The number of fused-ring (bicyclic) bond motifs is 1. The third-order valence-corrected chi connectivity index (χ3v) is 4.70. The van der Waals surface area contributed by atoms with Gasteiger partial charge in [-0.1, -0.05) is 54.6 Å². The van der Waals surface area contributed by atoms with Crippen LogP contribution >= 0.6 is 0 Å². The minimum atomic E-state index is -0.933.